The van der Waals surface area contributed by atoms with Crippen LogP contribution < -0.4 is 4.72 Å². The van der Waals surface area contributed by atoms with Gasteiger partial charge < -0.3 is 4.90 Å². The lowest BCUT2D eigenvalue weighted by Gasteiger charge is -2.20. The van der Waals surface area contributed by atoms with Gasteiger partial charge in [-0.1, -0.05) is 12.1 Å². The topological polar surface area (TPSA) is 80.1 Å². The fraction of sp³-hybridized carbons (Fsp3) is 0.818. The maximum absolute atomic E-state index is 12.2. The molecule has 2 rings (SSSR count). The number of hydrogen-bond donors (Lipinski definition) is 1. The highest BCUT2D eigenvalue weighted by Crippen LogP contribution is 2.18. The molecule has 114 valence electrons. The lowest BCUT2D eigenvalue weighted by atomic mass is 10.2. The highest BCUT2D eigenvalue weighted by atomic mass is 79.9. The Balaban J connectivity index is 1.92. The Morgan fingerprint density at radius 3 is 2.60 bits per heavy atom. The first kappa shape index (κ1) is 15.9. The van der Waals surface area contributed by atoms with Crippen molar-refractivity contribution in [2.24, 2.45) is 13.0 Å². The van der Waals surface area contributed by atoms with Crippen LogP contribution in [0.5, 0.6) is 0 Å². The molecule has 1 aromatic heterocycles. The molecule has 1 N–H and O–H groups in total. The molecule has 2 heterocycles. The van der Waals surface area contributed by atoms with Gasteiger partial charge in [-0.25, -0.2) is 17.8 Å². The van der Waals surface area contributed by atoms with Crippen LogP contribution in [0.3, 0.4) is 0 Å². The van der Waals surface area contributed by atoms with Gasteiger partial charge in [-0.2, -0.15) is 0 Å². The number of sulfonamides is 1. The Morgan fingerprint density at radius 2 is 2.05 bits per heavy atom. The minimum Gasteiger partial charge on any atom is -0.303 e. The highest BCUT2D eigenvalue weighted by molar-refractivity contribution is 9.10. The molecule has 0 amide bonds. The van der Waals surface area contributed by atoms with Crippen LogP contribution in [0.25, 0.3) is 0 Å². The van der Waals surface area contributed by atoms with E-state index in [4.69, 9.17) is 0 Å². The monoisotopic (exact) mass is 365 g/mol. The molecule has 9 heteroatoms. The van der Waals surface area contributed by atoms with Gasteiger partial charge in [0, 0.05) is 20.1 Å². The summed E-state index contributed by atoms with van der Waals surface area (Å²) in [4.78, 5) is 2.38. The van der Waals surface area contributed by atoms with Crippen molar-refractivity contribution >= 4 is 26.0 Å². The molecule has 0 aromatic carbocycles. The fourth-order valence-corrected chi connectivity index (χ4v) is 4.65. The molecule has 1 saturated heterocycles. The van der Waals surface area contributed by atoms with Crippen molar-refractivity contribution in [3.63, 3.8) is 0 Å². The third-order valence-corrected chi connectivity index (χ3v) is 5.69. The second kappa shape index (κ2) is 6.50. The van der Waals surface area contributed by atoms with E-state index in [0.29, 0.717) is 6.54 Å². The van der Waals surface area contributed by atoms with Gasteiger partial charge in [-0.3, -0.25) is 0 Å². The summed E-state index contributed by atoms with van der Waals surface area (Å²) in [5.74, 6) is 0.267. The maximum atomic E-state index is 12.2. The normalized spacial score (nSPS) is 18.6. The third kappa shape index (κ3) is 3.78. The van der Waals surface area contributed by atoms with Crippen molar-refractivity contribution in [1.29, 1.82) is 0 Å². The molecule has 1 aliphatic rings. The van der Waals surface area contributed by atoms with Crippen LogP contribution in [-0.2, 0) is 17.1 Å². The molecular weight excluding hydrogens is 346 g/mol. The van der Waals surface area contributed by atoms with E-state index in [-0.39, 0.29) is 15.5 Å². The molecule has 0 radical (unpaired) electrons. The second-order valence-electron chi connectivity index (χ2n) is 5.27. The van der Waals surface area contributed by atoms with Crippen LogP contribution >= 0.6 is 15.9 Å². The standard InChI is InChI=1S/C11H20BrN5O2S/c1-9(8-17-5-3-4-6-17)7-13-20(18,19)11-10(12)14-15-16(11)2/h9,13H,3-8H2,1-2H3. The zero-order valence-electron chi connectivity index (χ0n) is 11.7. The van der Waals surface area contributed by atoms with Crippen molar-refractivity contribution in [3.05, 3.63) is 4.60 Å². The van der Waals surface area contributed by atoms with Crippen LogP contribution in [0.2, 0.25) is 0 Å². The van der Waals surface area contributed by atoms with Crippen LogP contribution in [-0.4, -0.2) is 54.5 Å². The van der Waals surface area contributed by atoms with Crippen molar-refractivity contribution < 1.29 is 8.42 Å². The Kier molecular flexibility index (Phi) is 5.16. The number of likely N-dealkylation sites (tertiary alicyclic amines) is 1. The summed E-state index contributed by atoms with van der Waals surface area (Å²) in [6.45, 7) is 5.63. The summed E-state index contributed by atoms with van der Waals surface area (Å²) in [5.41, 5.74) is 0. The van der Waals surface area contributed by atoms with Crippen molar-refractivity contribution in [2.45, 2.75) is 24.8 Å². The van der Waals surface area contributed by atoms with Gasteiger partial charge in [-0.05, 0) is 47.8 Å². The number of nitrogens with zero attached hydrogens (tertiary/aromatic N) is 4. The number of aromatic nitrogens is 3. The number of aryl methyl sites for hydroxylation is 1. The molecule has 7 nitrogen and oxygen atoms in total. The molecule has 0 spiro atoms. The quantitative estimate of drug-likeness (QED) is 0.797. The van der Waals surface area contributed by atoms with E-state index in [9.17, 15) is 8.42 Å². The summed E-state index contributed by atoms with van der Waals surface area (Å²) in [5, 5.41) is 7.44. The van der Waals surface area contributed by atoms with Gasteiger partial charge in [0.25, 0.3) is 10.0 Å². The Labute approximate surface area is 127 Å². The van der Waals surface area contributed by atoms with Gasteiger partial charge in [0.1, 0.15) is 0 Å². The average Bonchev–Trinajstić information content (AvgIpc) is 2.97. The van der Waals surface area contributed by atoms with Crippen LogP contribution in [0, 0.1) is 5.92 Å². The Bertz CT molecular complexity index is 534. The lowest BCUT2D eigenvalue weighted by molar-refractivity contribution is 0.288. The van der Waals surface area contributed by atoms with Gasteiger partial charge in [-0.15, -0.1) is 5.10 Å². The molecular formula is C11H20BrN5O2S. The van der Waals surface area contributed by atoms with E-state index in [1.807, 2.05) is 0 Å². The average molecular weight is 366 g/mol. The zero-order valence-corrected chi connectivity index (χ0v) is 14.1. The Hall–Kier alpha value is -0.510. The van der Waals surface area contributed by atoms with E-state index in [1.165, 1.54) is 17.5 Å². The van der Waals surface area contributed by atoms with Crippen molar-refractivity contribution in [1.82, 2.24) is 24.6 Å². The first-order valence-corrected chi connectivity index (χ1v) is 8.95. The summed E-state index contributed by atoms with van der Waals surface area (Å²) >= 11 is 3.11. The maximum Gasteiger partial charge on any atom is 0.260 e. The minimum absolute atomic E-state index is 0.0610. The molecule has 0 bridgehead atoms. The predicted molar refractivity (Wildman–Crippen MR) is 78.7 cm³/mol. The van der Waals surface area contributed by atoms with Gasteiger partial charge >= 0.3 is 0 Å². The number of rotatable bonds is 6. The molecule has 1 aliphatic heterocycles. The summed E-state index contributed by atoms with van der Waals surface area (Å²) < 4.78 is 28.6. The highest BCUT2D eigenvalue weighted by Gasteiger charge is 2.24. The summed E-state index contributed by atoms with van der Waals surface area (Å²) in [6.07, 6.45) is 2.48. The predicted octanol–water partition coefficient (Wildman–Crippen LogP) is 0.588. The van der Waals surface area contributed by atoms with Crippen LogP contribution in [0.15, 0.2) is 9.63 Å². The molecule has 0 aliphatic carbocycles. The smallest absolute Gasteiger partial charge is 0.260 e. The second-order valence-corrected chi connectivity index (χ2v) is 7.71. The number of hydrogen-bond acceptors (Lipinski definition) is 5. The van der Waals surface area contributed by atoms with E-state index < -0.39 is 10.0 Å². The molecule has 1 unspecified atom stereocenters. The van der Waals surface area contributed by atoms with E-state index in [0.717, 1.165) is 19.6 Å². The SMILES string of the molecule is CC(CNS(=O)(=O)c1c(Br)nnn1C)CN1CCCC1. The zero-order chi connectivity index (χ0) is 14.8. The Morgan fingerprint density at radius 1 is 1.40 bits per heavy atom. The number of halogens is 1. The fourth-order valence-electron chi connectivity index (χ4n) is 2.40. The molecule has 1 fully saturated rings. The van der Waals surface area contributed by atoms with E-state index >= 15 is 0 Å². The third-order valence-electron chi connectivity index (χ3n) is 3.38. The first-order chi connectivity index (χ1) is 9.40. The molecule has 1 aromatic rings. The van der Waals surface area contributed by atoms with Crippen molar-refractivity contribution in [3.8, 4) is 0 Å². The van der Waals surface area contributed by atoms with Gasteiger partial charge in [0.05, 0.1) is 0 Å². The van der Waals surface area contributed by atoms with Crippen LogP contribution in [0.1, 0.15) is 19.8 Å². The molecule has 1 atom stereocenters. The van der Waals surface area contributed by atoms with Gasteiger partial charge in [0.2, 0.25) is 5.03 Å². The van der Waals surface area contributed by atoms with E-state index in [2.05, 4.69) is 42.8 Å². The van der Waals surface area contributed by atoms with Crippen LogP contribution in [0.4, 0.5) is 0 Å². The molecule has 0 saturated carbocycles. The molecule has 20 heavy (non-hydrogen) atoms. The first-order valence-electron chi connectivity index (χ1n) is 6.67. The summed E-state index contributed by atoms with van der Waals surface area (Å²) in [7, 11) is -2.03. The largest absolute Gasteiger partial charge is 0.303 e. The van der Waals surface area contributed by atoms with Gasteiger partial charge in [0.15, 0.2) is 4.60 Å². The van der Waals surface area contributed by atoms with E-state index in [1.54, 1.807) is 7.05 Å². The lowest BCUT2D eigenvalue weighted by Crippen LogP contribution is -2.35. The minimum atomic E-state index is -3.58. The van der Waals surface area contributed by atoms with Crippen molar-refractivity contribution in [2.75, 3.05) is 26.2 Å². The number of nitrogens with one attached hydrogen (secondary N) is 1. The summed E-state index contributed by atoms with van der Waals surface area (Å²) in [6, 6.07) is 0.